The van der Waals surface area contributed by atoms with Gasteiger partial charge in [-0.1, -0.05) is 11.6 Å². The lowest BCUT2D eigenvalue weighted by atomic mass is 10.3. The van der Waals surface area contributed by atoms with Crippen LogP contribution in [0.15, 0.2) is 41.3 Å². The lowest BCUT2D eigenvalue weighted by Gasteiger charge is -2.13. The first-order chi connectivity index (χ1) is 13.8. The molecule has 0 spiro atoms. The smallest absolute Gasteiger partial charge is 0.332 e. The van der Waals surface area contributed by atoms with Gasteiger partial charge in [0, 0.05) is 0 Å². The molecule has 0 aliphatic rings. The molecule has 0 saturated carbocycles. The molecule has 29 heavy (non-hydrogen) atoms. The fraction of sp³-hybridized carbons (Fsp3) is 0.176. The van der Waals surface area contributed by atoms with E-state index in [4.69, 9.17) is 21.4 Å². The van der Waals surface area contributed by atoms with Gasteiger partial charge in [0.1, 0.15) is 16.2 Å². The number of pyridine rings is 1. The van der Waals surface area contributed by atoms with E-state index in [0.29, 0.717) is 22.1 Å². The van der Waals surface area contributed by atoms with Crippen molar-refractivity contribution >= 4 is 61.4 Å². The molecule has 3 aromatic heterocycles. The molecule has 0 fully saturated rings. The summed E-state index contributed by atoms with van der Waals surface area (Å²) >= 11 is 6.93. The van der Waals surface area contributed by atoms with E-state index in [-0.39, 0.29) is 22.3 Å². The maximum absolute atomic E-state index is 13.4. The Hall–Kier alpha value is -2.60. The number of hydrogen-bond donors (Lipinski definition) is 1. The van der Waals surface area contributed by atoms with Crippen molar-refractivity contribution in [2.45, 2.75) is 24.5 Å². The summed E-state index contributed by atoms with van der Waals surface area (Å²) in [5.41, 5.74) is 1.93. The molecule has 1 aromatic carbocycles. The number of halogens is 1. The Bertz CT molecular complexity index is 1350. The lowest BCUT2D eigenvalue weighted by Crippen LogP contribution is -2.22. The van der Waals surface area contributed by atoms with Crippen molar-refractivity contribution in [3.05, 3.63) is 47.2 Å². The van der Waals surface area contributed by atoms with Crippen molar-refractivity contribution in [3.63, 3.8) is 0 Å². The normalized spacial score (nSPS) is 13.2. The number of fused-ring (bicyclic) bond motifs is 2. The molecule has 9 nitrogen and oxygen atoms in total. The van der Waals surface area contributed by atoms with E-state index in [1.807, 2.05) is 0 Å². The maximum atomic E-state index is 13.4. The molecule has 0 saturated heterocycles. The van der Waals surface area contributed by atoms with Gasteiger partial charge in [-0.05, 0) is 43.3 Å². The standard InChI is InChI=1S/C17H13ClN4O5S2/c1-9(17(23)24)27-8-10-6-14-15(4-5-16(18)19-14)22(10)29(25,26)11-2-3-12-13(7-11)21-28-20-12/h2-7,9H,8H2,1H3,(H,23,24). The highest BCUT2D eigenvalue weighted by atomic mass is 35.5. The van der Waals surface area contributed by atoms with Crippen LogP contribution in [0.5, 0.6) is 0 Å². The summed E-state index contributed by atoms with van der Waals surface area (Å²) < 4.78 is 41.4. The summed E-state index contributed by atoms with van der Waals surface area (Å²) in [5.74, 6) is -1.15. The predicted octanol–water partition coefficient (Wildman–Crippen LogP) is 2.92. The van der Waals surface area contributed by atoms with Gasteiger partial charge in [0.05, 0.1) is 40.0 Å². The van der Waals surface area contributed by atoms with Gasteiger partial charge in [-0.25, -0.2) is 22.2 Å². The van der Waals surface area contributed by atoms with Crippen LogP contribution in [-0.2, 0) is 26.2 Å². The Morgan fingerprint density at radius 3 is 2.72 bits per heavy atom. The van der Waals surface area contributed by atoms with E-state index < -0.39 is 22.1 Å². The first-order valence-corrected chi connectivity index (χ1v) is 10.8. The Morgan fingerprint density at radius 2 is 1.97 bits per heavy atom. The molecule has 1 atom stereocenters. The fourth-order valence-corrected chi connectivity index (χ4v) is 5.00. The number of carbonyl (C=O) groups is 1. The minimum absolute atomic E-state index is 0.0117. The van der Waals surface area contributed by atoms with Crippen LogP contribution >= 0.6 is 23.3 Å². The Balaban J connectivity index is 1.87. The van der Waals surface area contributed by atoms with Crippen molar-refractivity contribution < 1.29 is 23.1 Å². The van der Waals surface area contributed by atoms with Crippen LogP contribution in [0.4, 0.5) is 0 Å². The van der Waals surface area contributed by atoms with Gasteiger partial charge in [0.15, 0.2) is 6.10 Å². The molecule has 3 heterocycles. The number of carboxylic acids is 1. The molecule has 0 amide bonds. The summed E-state index contributed by atoms with van der Waals surface area (Å²) in [7, 11) is -4.06. The molecule has 1 N–H and O–H groups in total. The topological polar surface area (TPSA) is 124 Å². The lowest BCUT2D eigenvalue weighted by molar-refractivity contribution is -0.149. The van der Waals surface area contributed by atoms with Crippen molar-refractivity contribution in [2.75, 3.05) is 0 Å². The van der Waals surface area contributed by atoms with Crippen LogP contribution in [0.3, 0.4) is 0 Å². The monoisotopic (exact) mass is 452 g/mol. The van der Waals surface area contributed by atoms with Gasteiger partial charge in [0.25, 0.3) is 10.0 Å². The largest absolute Gasteiger partial charge is 0.479 e. The second-order valence-electron chi connectivity index (χ2n) is 6.15. The van der Waals surface area contributed by atoms with E-state index >= 15 is 0 Å². The van der Waals surface area contributed by atoms with Crippen molar-refractivity contribution in [1.82, 2.24) is 17.7 Å². The average molecular weight is 453 g/mol. The number of aromatic nitrogens is 4. The van der Waals surface area contributed by atoms with Crippen LogP contribution in [0.2, 0.25) is 5.15 Å². The molecular formula is C17H13ClN4O5S2. The average Bonchev–Trinajstić information content (AvgIpc) is 3.29. The van der Waals surface area contributed by atoms with Crippen molar-refractivity contribution in [2.24, 2.45) is 0 Å². The number of rotatable bonds is 6. The van der Waals surface area contributed by atoms with Crippen LogP contribution < -0.4 is 0 Å². The predicted molar refractivity (Wildman–Crippen MR) is 107 cm³/mol. The molecule has 150 valence electrons. The molecule has 4 aromatic rings. The molecule has 0 bridgehead atoms. The van der Waals surface area contributed by atoms with Crippen LogP contribution in [0.1, 0.15) is 12.6 Å². The van der Waals surface area contributed by atoms with E-state index in [1.54, 1.807) is 6.07 Å². The molecule has 0 aliphatic heterocycles. The SMILES string of the molecule is CC(OCc1cc2nc(Cl)ccc2n1S(=O)(=O)c1ccc2nsnc2c1)C(=O)O. The molecular weight excluding hydrogens is 440 g/mol. The molecule has 0 aliphatic carbocycles. The molecule has 4 rings (SSSR count). The zero-order valence-corrected chi connectivity index (χ0v) is 17.2. The third kappa shape index (κ3) is 3.57. The number of benzene rings is 1. The van der Waals surface area contributed by atoms with Crippen LogP contribution in [-0.4, -0.2) is 43.3 Å². The highest BCUT2D eigenvalue weighted by Crippen LogP contribution is 2.28. The molecule has 0 radical (unpaired) electrons. The minimum Gasteiger partial charge on any atom is -0.479 e. The summed E-state index contributed by atoms with van der Waals surface area (Å²) in [6, 6.07) is 8.99. The van der Waals surface area contributed by atoms with Gasteiger partial charge in [-0.3, -0.25) is 0 Å². The van der Waals surface area contributed by atoms with E-state index in [9.17, 15) is 13.2 Å². The second kappa shape index (κ2) is 7.34. The summed E-state index contributed by atoms with van der Waals surface area (Å²) in [5, 5.41) is 9.23. The number of ether oxygens (including phenoxy) is 1. The number of aliphatic carboxylic acids is 1. The fourth-order valence-electron chi connectivity index (χ4n) is 2.79. The quantitative estimate of drug-likeness (QED) is 0.443. The molecule has 1 unspecified atom stereocenters. The van der Waals surface area contributed by atoms with Crippen molar-refractivity contribution in [1.29, 1.82) is 0 Å². The summed E-state index contributed by atoms with van der Waals surface area (Å²) in [6.45, 7) is 1.11. The third-order valence-corrected chi connectivity index (χ3v) is 6.77. The highest BCUT2D eigenvalue weighted by molar-refractivity contribution is 7.90. The van der Waals surface area contributed by atoms with Gasteiger partial charge in [0.2, 0.25) is 0 Å². The van der Waals surface area contributed by atoms with Gasteiger partial charge in [-0.2, -0.15) is 8.75 Å². The highest BCUT2D eigenvalue weighted by Gasteiger charge is 2.25. The third-order valence-electron chi connectivity index (χ3n) is 4.24. The zero-order chi connectivity index (χ0) is 20.8. The second-order valence-corrected chi connectivity index (χ2v) is 8.85. The number of hydrogen-bond acceptors (Lipinski definition) is 8. The van der Waals surface area contributed by atoms with Crippen LogP contribution in [0, 0.1) is 0 Å². The first-order valence-electron chi connectivity index (χ1n) is 8.26. The van der Waals surface area contributed by atoms with Crippen molar-refractivity contribution in [3.8, 4) is 0 Å². The van der Waals surface area contributed by atoms with Crippen LogP contribution in [0.25, 0.3) is 22.1 Å². The molecule has 12 heteroatoms. The Labute approximate surface area is 173 Å². The maximum Gasteiger partial charge on any atom is 0.332 e. The number of nitrogens with zero attached hydrogens (tertiary/aromatic N) is 4. The van der Waals surface area contributed by atoms with Gasteiger partial charge in [-0.15, -0.1) is 0 Å². The van der Waals surface area contributed by atoms with Gasteiger partial charge < -0.3 is 9.84 Å². The van der Waals surface area contributed by atoms with E-state index in [2.05, 4.69) is 13.7 Å². The zero-order valence-electron chi connectivity index (χ0n) is 14.8. The Kier molecular flexibility index (Phi) is 4.99. The first kappa shape index (κ1) is 19.7. The minimum atomic E-state index is -4.06. The van der Waals surface area contributed by atoms with E-state index in [1.165, 1.54) is 37.3 Å². The number of carboxylic acid groups (broad SMARTS) is 1. The summed E-state index contributed by atoms with van der Waals surface area (Å²) in [6.07, 6.45) is -1.11. The Morgan fingerprint density at radius 1 is 1.21 bits per heavy atom. The van der Waals surface area contributed by atoms with E-state index in [0.717, 1.165) is 15.7 Å². The van der Waals surface area contributed by atoms with Gasteiger partial charge >= 0.3 is 5.97 Å². The summed E-state index contributed by atoms with van der Waals surface area (Å²) in [4.78, 5) is 15.2.